The highest BCUT2D eigenvalue weighted by molar-refractivity contribution is 7.47. The second-order valence-electron chi connectivity index (χ2n) is 31.1. The van der Waals surface area contributed by atoms with Gasteiger partial charge in [0.15, 0.2) is 12.2 Å². The number of aliphatic hydroxyl groups excluding tert-OH is 1. The summed E-state index contributed by atoms with van der Waals surface area (Å²) in [6, 6.07) is 0. The standard InChI is InChI=1S/C81H158O17P2/c1-71(2)57-49-41-33-26-21-17-13-11-9-10-12-14-19-23-29-38-47-55-63-80(85)97-76(67-91-78(83)61-53-45-37-31-25-28-35-43-51-59-73(5)6)69-95-99(87,88)93-65-75(82)66-94-100(89,90)96-70-77(68-92-79(84)62-54-46-40-32-36-44-52-60-74(7)8)98-81(86)64-56-48-39-30-24-20-16-15-18-22-27-34-42-50-58-72(3)4/h71-77,82H,9-70H2,1-8H3,(H,87,88)(H,89,90)/t75?,76-,77-/m1/s1. The number of carbonyl (C=O) groups excluding carboxylic acids is 4. The van der Waals surface area contributed by atoms with Gasteiger partial charge in [0, 0.05) is 25.7 Å². The van der Waals surface area contributed by atoms with Crippen LogP contribution in [0.3, 0.4) is 0 Å². The largest absolute Gasteiger partial charge is 0.472 e. The lowest BCUT2D eigenvalue weighted by Gasteiger charge is -2.21. The molecule has 0 saturated heterocycles. The van der Waals surface area contributed by atoms with Crippen LogP contribution in [-0.4, -0.2) is 96.7 Å². The van der Waals surface area contributed by atoms with Crippen LogP contribution in [0.2, 0.25) is 0 Å². The predicted octanol–water partition coefficient (Wildman–Crippen LogP) is 24.0. The fourth-order valence-electron chi connectivity index (χ4n) is 12.4. The van der Waals surface area contributed by atoms with Gasteiger partial charge in [-0.1, -0.05) is 364 Å². The number of unbranched alkanes of at least 4 members (excludes halogenated alkanes) is 44. The van der Waals surface area contributed by atoms with E-state index in [-0.39, 0.29) is 25.7 Å². The van der Waals surface area contributed by atoms with Crippen LogP contribution < -0.4 is 0 Å². The Morgan fingerprint density at radius 3 is 0.620 bits per heavy atom. The zero-order valence-electron chi connectivity index (χ0n) is 65.8. The Labute approximate surface area is 613 Å². The third-order valence-corrected chi connectivity index (χ3v) is 20.7. The van der Waals surface area contributed by atoms with Crippen LogP contribution in [0.15, 0.2) is 0 Å². The molecular formula is C81H158O17P2. The van der Waals surface area contributed by atoms with E-state index in [0.717, 1.165) is 114 Å². The maximum absolute atomic E-state index is 13.1. The molecule has 19 heteroatoms. The maximum Gasteiger partial charge on any atom is 0.472 e. The number of esters is 4. The number of phosphoric acid groups is 2. The molecule has 0 radical (unpaired) electrons. The minimum absolute atomic E-state index is 0.106. The summed E-state index contributed by atoms with van der Waals surface area (Å²) in [5, 5.41) is 10.6. The molecule has 0 bridgehead atoms. The molecule has 0 aromatic rings. The molecular weight excluding hydrogens is 1310 g/mol. The van der Waals surface area contributed by atoms with Gasteiger partial charge < -0.3 is 33.8 Å². The van der Waals surface area contributed by atoms with Crippen LogP contribution in [0.1, 0.15) is 415 Å². The van der Waals surface area contributed by atoms with Crippen LogP contribution in [0.25, 0.3) is 0 Å². The first-order valence-corrected chi connectivity index (χ1v) is 44.7. The molecule has 0 spiro atoms. The normalized spacial score (nSPS) is 14.0. The first kappa shape index (κ1) is 98.1. The zero-order chi connectivity index (χ0) is 73.8. The smallest absolute Gasteiger partial charge is 0.462 e. The van der Waals surface area contributed by atoms with E-state index >= 15 is 0 Å². The van der Waals surface area contributed by atoms with Crippen molar-refractivity contribution in [1.29, 1.82) is 0 Å². The van der Waals surface area contributed by atoms with Gasteiger partial charge in [-0.2, -0.15) is 0 Å². The van der Waals surface area contributed by atoms with Crippen molar-refractivity contribution >= 4 is 39.5 Å². The quantitative estimate of drug-likeness (QED) is 0.0222. The van der Waals surface area contributed by atoms with Gasteiger partial charge >= 0.3 is 39.5 Å². The van der Waals surface area contributed by atoms with E-state index in [9.17, 15) is 43.2 Å². The van der Waals surface area contributed by atoms with Crippen LogP contribution in [0, 0.1) is 23.7 Å². The fraction of sp³-hybridized carbons (Fsp3) is 0.951. The Balaban J connectivity index is 5.20. The summed E-state index contributed by atoms with van der Waals surface area (Å²) in [6.45, 7) is 14.2. The SMILES string of the molecule is CC(C)CCCCCCCCCCCCCCCCCCCCC(=O)O[C@H](COC(=O)CCCCCCCCCCCC(C)C)COP(=O)(O)OCC(O)COP(=O)(O)OC[C@@H](COC(=O)CCCCCCCCCC(C)C)OC(=O)CCCCCCCCCCCCCCCCC(C)C. The molecule has 0 heterocycles. The van der Waals surface area contributed by atoms with E-state index in [1.54, 1.807) is 0 Å². The van der Waals surface area contributed by atoms with Gasteiger partial charge in [0.25, 0.3) is 0 Å². The molecule has 3 N–H and O–H groups in total. The van der Waals surface area contributed by atoms with E-state index in [0.29, 0.717) is 31.6 Å². The van der Waals surface area contributed by atoms with Crippen molar-refractivity contribution in [3.63, 3.8) is 0 Å². The summed E-state index contributed by atoms with van der Waals surface area (Å²) in [5.74, 6) is 0.949. The Kier molecular flexibility index (Phi) is 68.7. The first-order valence-electron chi connectivity index (χ1n) is 41.7. The van der Waals surface area contributed by atoms with Gasteiger partial charge in [0.05, 0.1) is 26.4 Å². The van der Waals surface area contributed by atoms with Crippen molar-refractivity contribution in [3.05, 3.63) is 0 Å². The van der Waals surface area contributed by atoms with Crippen molar-refractivity contribution in [1.82, 2.24) is 0 Å². The highest BCUT2D eigenvalue weighted by Gasteiger charge is 2.30. The van der Waals surface area contributed by atoms with E-state index in [2.05, 4.69) is 55.4 Å². The lowest BCUT2D eigenvalue weighted by atomic mass is 10.0. The lowest BCUT2D eigenvalue weighted by molar-refractivity contribution is -0.161. The Morgan fingerprint density at radius 1 is 0.250 bits per heavy atom. The summed E-state index contributed by atoms with van der Waals surface area (Å²) < 4.78 is 68.7. The third kappa shape index (κ3) is 74.3. The van der Waals surface area contributed by atoms with Crippen LogP contribution >= 0.6 is 15.6 Å². The van der Waals surface area contributed by atoms with Crippen molar-refractivity contribution in [2.75, 3.05) is 39.6 Å². The minimum atomic E-state index is -4.96. The van der Waals surface area contributed by atoms with E-state index in [4.69, 9.17) is 37.0 Å². The lowest BCUT2D eigenvalue weighted by Crippen LogP contribution is -2.30. The highest BCUT2D eigenvalue weighted by atomic mass is 31.2. The molecule has 594 valence electrons. The molecule has 0 aromatic heterocycles. The molecule has 0 saturated carbocycles. The van der Waals surface area contributed by atoms with Gasteiger partial charge in [0.2, 0.25) is 0 Å². The monoisotopic (exact) mass is 1470 g/mol. The molecule has 0 aliphatic rings. The molecule has 0 aliphatic carbocycles. The Hall–Kier alpha value is -1.94. The summed E-state index contributed by atoms with van der Waals surface area (Å²) in [4.78, 5) is 73.0. The van der Waals surface area contributed by atoms with Gasteiger partial charge in [-0.15, -0.1) is 0 Å². The molecule has 5 atom stereocenters. The predicted molar refractivity (Wildman–Crippen MR) is 409 cm³/mol. The van der Waals surface area contributed by atoms with Crippen LogP contribution in [0.4, 0.5) is 0 Å². The molecule has 0 amide bonds. The van der Waals surface area contributed by atoms with Gasteiger partial charge in [-0.05, 0) is 49.4 Å². The number of hydrogen-bond donors (Lipinski definition) is 3. The number of hydrogen-bond acceptors (Lipinski definition) is 15. The first-order chi connectivity index (χ1) is 48.1. The zero-order valence-corrected chi connectivity index (χ0v) is 67.6. The summed E-state index contributed by atoms with van der Waals surface area (Å²) in [6.07, 6.45) is 57.1. The van der Waals surface area contributed by atoms with Gasteiger partial charge in [-0.3, -0.25) is 37.3 Å². The third-order valence-electron chi connectivity index (χ3n) is 18.8. The molecule has 3 unspecified atom stereocenters. The fourth-order valence-corrected chi connectivity index (χ4v) is 14.0. The van der Waals surface area contributed by atoms with Crippen molar-refractivity contribution < 1.29 is 80.2 Å². The number of ether oxygens (including phenoxy) is 4. The average molecular weight is 1470 g/mol. The molecule has 100 heavy (non-hydrogen) atoms. The second kappa shape index (κ2) is 70.1. The van der Waals surface area contributed by atoms with Crippen LogP contribution in [-0.2, 0) is 65.4 Å². The molecule has 0 rings (SSSR count). The van der Waals surface area contributed by atoms with Crippen molar-refractivity contribution in [2.24, 2.45) is 23.7 Å². The summed E-state index contributed by atoms with van der Waals surface area (Å²) in [5.41, 5.74) is 0. The summed E-state index contributed by atoms with van der Waals surface area (Å²) >= 11 is 0. The van der Waals surface area contributed by atoms with E-state index in [1.165, 1.54) is 212 Å². The van der Waals surface area contributed by atoms with Gasteiger partial charge in [0.1, 0.15) is 19.3 Å². The van der Waals surface area contributed by atoms with E-state index < -0.39 is 97.5 Å². The highest BCUT2D eigenvalue weighted by Crippen LogP contribution is 2.45. The molecule has 0 fully saturated rings. The number of carbonyl (C=O) groups is 4. The average Bonchev–Trinajstić information content (AvgIpc) is 0.942. The number of phosphoric ester groups is 2. The molecule has 17 nitrogen and oxygen atoms in total. The van der Waals surface area contributed by atoms with E-state index in [1.807, 2.05) is 0 Å². The van der Waals surface area contributed by atoms with Crippen LogP contribution in [0.5, 0.6) is 0 Å². The molecule has 0 aromatic carbocycles. The van der Waals surface area contributed by atoms with Crippen molar-refractivity contribution in [2.45, 2.75) is 433 Å². The number of rotatable bonds is 78. The molecule has 0 aliphatic heterocycles. The Bertz CT molecular complexity index is 1950. The minimum Gasteiger partial charge on any atom is -0.462 e. The van der Waals surface area contributed by atoms with Gasteiger partial charge in [-0.25, -0.2) is 9.13 Å². The summed E-state index contributed by atoms with van der Waals surface area (Å²) in [7, 11) is -9.92. The van der Waals surface area contributed by atoms with Crippen molar-refractivity contribution in [3.8, 4) is 0 Å². The topological polar surface area (TPSA) is 237 Å². The Morgan fingerprint density at radius 2 is 0.420 bits per heavy atom. The maximum atomic E-state index is 13.1. The number of aliphatic hydroxyl groups is 1. The second-order valence-corrected chi connectivity index (χ2v) is 34.0.